The maximum absolute atomic E-state index is 11.3. The Morgan fingerprint density at radius 2 is 0.972 bits per heavy atom. The molecule has 12 heteroatoms. The van der Waals surface area contributed by atoms with Gasteiger partial charge in [-0.05, 0) is 61.8 Å². The molecular formula is C24H20N2O4S6. The van der Waals surface area contributed by atoms with Crippen LogP contribution < -0.4 is 0 Å². The van der Waals surface area contributed by atoms with E-state index in [0.717, 1.165) is 30.7 Å². The molecule has 2 aromatic rings. The summed E-state index contributed by atoms with van der Waals surface area (Å²) in [7, 11) is 0. The third-order valence-electron chi connectivity index (χ3n) is 5.20. The standard InChI is InChI=1S/C24H20N2O4S6/c1-13-21(31-3)35-23(33-13)19(15-5-9-17(10-6-15)25(27)28)20(24-34-14(2)22(32-4)36-24)16-7-11-18(12-8-16)26(29)30/h5-12H,1-4H3/b23-19-,24-20-. The first-order chi connectivity index (χ1) is 17.2. The Kier molecular flexibility index (Phi) is 8.95. The van der Waals surface area contributed by atoms with Gasteiger partial charge in [0.05, 0.1) is 26.8 Å². The van der Waals surface area contributed by atoms with Gasteiger partial charge in [-0.15, -0.1) is 23.5 Å². The van der Waals surface area contributed by atoms with Crippen LogP contribution in [0.2, 0.25) is 0 Å². The average Bonchev–Trinajstić information content (AvgIpc) is 3.43. The van der Waals surface area contributed by atoms with Gasteiger partial charge >= 0.3 is 0 Å². The molecule has 0 unspecified atom stereocenters. The van der Waals surface area contributed by atoms with Crippen LogP contribution in [-0.4, -0.2) is 22.4 Å². The van der Waals surface area contributed by atoms with Crippen molar-refractivity contribution in [3.05, 3.63) is 107 Å². The molecule has 0 amide bonds. The largest absolute Gasteiger partial charge is 0.269 e. The van der Waals surface area contributed by atoms with Gasteiger partial charge in [0.25, 0.3) is 11.4 Å². The van der Waals surface area contributed by atoms with E-state index in [1.165, 1.54) is 42.6 Å². The van der Waals surface area contributed by atoms with Gasteiger partial charge in [-0.1, -0.05) is 47.0 Å². The summed E-state index contributed by atoms with van der Waals surface area (Å²) >= 11 is 10.2. The lowest BCUT2D eigenvalue weighted by molar-refractivity contribution is -0.385. The van der Waals surface area contributed by atoms with E-state index >= 15 is 0 Å². The molecule has 0 aliphatic carbocycles. The predicted octanol–water partition coefficient (Wildman–Crippen LogP) is 9.60. The van der Waals surface area contributed by atoms with Gasteiger partial charge in [-0.2, -0.15) is 0 Å². The van der Waals surface area contributed by atoms with Gasteiger partial charge in [0, 0.05) is 45.2 Å². The molecule has 4 rings (SSSR count). The number of rotatable bonds is 7. The third kappa shape index (κ3) is 5.73. The van der Waals surface area contributed by atoms with E-state index < -0.39 is 9.85 Å². The molecule has 36 heavy (non-hydrogen) atoms. The zero-order chi connectivity index (χ0) is 26.0. The van der Waals surface area contributed by atoms with E-state index in [-0.39, 0.29) is 11.4 Å². The molecule has 2 aliphatic rings. The Morgan fingerprint density at radius 1 is 0.639 bits per heavy atom. The summed E-state index contributed by atoms with van der Waals surface area (Å²) in [5.41, 5.74) is 3.74. The van der Waals surface area contributed by atoms with Crippen LogP contribution in [0.25, 0.3) is 11.1 Å². The molecule has 0 fully saturated rings. The van der Waals surface area contributed by atoms with Gasteiger partial charge in [0.2, 0.25) is 0 Å². The monoisotopic (exact) mass is 592 g/mol. The summed E-state index contributed by atoms with van der Waals surface area (Å²) < 4.78 is 4.60. The summed E-state index contributed by atoms with van der Waals surface area (Å²) in [4.78, 5) is 24.3. The Balaban J connectivity index is 1.96. The van der Waals surface area contributed by atoms with Crippen molar-refractivity contribution < 1.29 is 9.85 Å². The van der Waals surface area contributed by atoms with Crippen LogP contribution in [0, 0.1) is 20.2 Å². The maximum atomic E-state index is 11.3. The van der Waals surface area contributed by atoms with Crippen molar-refractivity contribution in [2.75, 3.05) is 12.5 Å². The van der Waals surface area contributed by atoms with E-state index in [2.05, 4.69) is 26.4 Å². The summed E-state index contributed by atoms with van der Waals surface area (Å²) in [6.45, 7) is 4.19. The van der Waals surface area contributed by atoms with Crippen molar-refractivity contribution in [1.82, 2.24) is 0 Å². The van der Waals surface area contributed by atoms with E-state index in [9.17, 15) is 20.2 Å². The first-order valence-corrected chi connectivity index (χ1v) is 16.1. The molecule has 0 bridgehead atoms. The molecule has 0 radical (unpaired) electrons. The van der Waals surface area contributed by atoms with Crippen LogP contribution in [0.3, 0.4) is 0 Å². The van der Waals surface area contributed by atoms with Crippen LogP contribution in [-0.2, 0) is 0 Å². The van der Waals surface area contributed by atoms with Crippen molar-refractivity contribution in [3.8, 4) is 0 Å². The van der Waals surface area contributed by atoms with Crippen molar-refractivity contribution in [2.24, 2.45) is 0 Å². The Labute approximate surface area is 234 Å². The summed E-state index contributed by atoms with van der Waals surface area (Å²) in [5, 5.41) is 22.6. The Hall–Kier alpha value is -1.70. The lowest BCUT2D eigenvalue weighted by atomic mass is 9.94. The highest BCUT2D eigenvalue weighted by Gasteiger charge is 2.30. The number of allylic oxidation sites excluding steroid dienone is 4. The van der Waals surface area contributed by atoms with E-state index in [4.69, 9.17) is 0 Å². The van der Waals surface area contributed by atoms with Gasteiger partial charge in [0.15, 0.2) is 0 Å². The lowest BCUT2D eigenvalue weighted by Crippen LogP contribution is -1.97. The molecule has 0 spiro atoms. The number of thioether (sulfide) groups is 6. The molecule has 2 aromatic carbocycles. The fourth-order valence-corrected chi connectivity index (χ4v) is 11.0. The second kappa shape index (κ2) is 11.8. The summed E-state index contributed by atoms with van der Waals surface area (Å²) in [6.07, 6.45) is 4.11. The molecule has 186 valence electrons. The van der Waals surface area contributed by atoms with Crippen LogP contribution in [0.1, 0.15) is 25.0 Å². The minimum atomic E-state index is -0.399. The second-order valence-electron chi connectivity index (χ2n) is 7.44. The van der Waals surface area contributed by atoms with E-state index in [1.54, 1.807) is 94.8 Å². The number of non-ortho nitro benzene ring substituents is 2. The topological polar surface area (TPSA) is 86.3 Å². The minimum absolute atomic E-state index is 0.0327. The molecule has 6 nitrogen and oxygen atoms in total. The average molecular weight is 593 g/mol. The number of hydrogen-bond donors (Lipinski definition) is 0. The Bertz CT molecular complexity index is 1260. The van der Waals surface area contributed by atoms with Gasteiger partial charge in [-0.25, -0.2) is 0 Å². The number of hydrogen-bond acceptors (Lipinski definition) is 10. The van der Waals surface area contributed by atoms with Gasteiger partial charge in [0.1, 0.15) is 0 Å². The minimum Gasteiger partial charge on any atom is -0.258 e. The molecule has 2 heterocycles. The SMILES string of the molecule is CSC1=C(C)S/C(=C(/C(=C2/SC(C)=C(SC)S2)c2ccc([N+](=O)[O-])cc2)c2ccc([N+](=O)[O-])cc2)S1. The first-order valence-electron chi connectivity index (χ1n) is 10.4. The molecule has 0 atom stereocenters. The highest BCUT2D eigenvalue weighted by Crippen LogP contribution is 2.61. The van der Waals surface area contributed by atoms with E-state index in [0.29, 0.717) is 0 Å². The van der Waals surface area contributed by atoms with E-state index in [1.807, 2.05) is 0 Å². The predicted molar refractivity (Wildman–Crippen MR) is 163 cm³/mol. The van der Waals surface area contributed by atoms with Crippen LogP contribution >= 0.6 is 70.6 Å². The maximum Gasteiger partial charge on any atom is 0.269 e. The van der Waals surface area contributed by atoms with Crippen molar-refractivity contribution in [1.29, 1.82) is 0 Å². The fourth-order valence-electron chi connectivity index (χ4n) is 3.52. The lowest BCUT2D eigenvalue weighted by Gasteiger charge is -2.19. The Morgan fingerprint density at radius 3 is 1.22 bits per heavy atom. The number of nitrogens with zero attached hydrogens (tertiary/aromatic N) is 2. The molecule has 0 saturated heterocycles. The highest BCUT2D eigenvalue weighted by atomic mass is 32.2. The number of benzene rings is 2. The van der Waals surface area contributed by atoms with Crippen molar-refractivity contribution in [2.45, 2.75) is 13.8 Å². The molecular weight excluding hydrogens is 573 g/mol. The highest BCUT2D eigenvalue weighted by molar-refractivity contribution is 8.36. The summed E-state index contributed by atoms with van der Waals surface area (Å²) in [5.74, 6) is 0. The molecule has 0 N–H and O–H groups in total. The fraction of sp³-hybridized carbons (Fsp3) is 0.167. The van der Waals surface area contributed by atoms with Crippen molar-refractivity contribution in [3.63, 3.8) is 0 Å². The smallest absolute Gasteiger partial charge is 0.258 e. The zero-order valence-corrected chi connectivity index (χ0v) is 24.5. The first kappa shape index (κ1) is 27.3. The van der Waals surface area contributed by atoms with Gasteiger partial charge in [-0.3, -0.25) is 20.2 Å². The van der Waals surface area contributed by atoms with Crippen LogP contribution in [0.4, 0.5) is 11.4 Å². The zero-order valence-electron chi connectivity index (χ0n) is 19.6. The third-order valence-corrected chi connectivity index (χ3v) is 13.1. The molecule has 2 aliphatic heterocycles. The molecule has 0 aromatic heterocycles. The second-order valence-corrected chi connectivity index (χ2v) is 14.6. The van der Waals surface area contributed by atoms with Crippen LogP contribution in [0.15, 0.2) is 75.3 Å². The van der Waals surface area contributed by atoms with Crippen molar-refractivity contribution >= 4 is 93.1 Å². The quantitative estimate of drug-likeness (QED) is 0.229. The number of nitro benzene ring substituents is 2. The number of nitro groups is 2. The summed E-state index contributed by atoms with van der Waals surface area (Å²) in [6, 6.07) is 13.3. The van der Waals surface area contributed by atoms with Gasteiger partial charge < -0.3 is 0 Å². The normalized spacial score (nSPS) is 18.7. The molecule has 0 saturated carbocycles. The van der Waals surface area contributed by atoms with Crippen LogP contribution in [0.5, 0.6) is 0 Å².